The third-order valence-electron chi connectivity index (χ3n) is 2.72. The van der Waals surface area contributed by atoms with E-state index < -0.39 is 24.2 Å². The van der Waals surface area contributed by atoms with Crippen LogP contribution in [0.5, 0.6) is 0 Å². The highest BCUT2D eigenvalue weighted by Crippen LogP contribution is 2.26. The lowest BCUT2D eigenvalue weighted by atomic mass is 10.2. The quantitative estimate of drug-likeness (QED) is 0.783. The molecule has 22 heavy (non-hydrogen) atoms. The van der Waals surface area contributed by atoms with Gasteiger partial charge in [-0.15, -0.1) is 0 Å². The van der Waals surface area contributed by atoms with Gasteiger partial charge in [-0.05, 0) is 24.3 Å². The molecule has 2 amide bonds. The number of nitrogens with zero attached hydrogens (tertiary/aromatic N) is 2. The molecule has 0 unspecified atom stereocenters. The SMILES string of the molecule is CN(C(=O)C(F)(F)F)c1ccc(N(C)C(=O)C(F)(F)F)cc1. The van der Waals surface area contributed by atoms with Gasteiger partial charge < -0.3 is 9.80 Å². The highest BCUT2D eigenvalue weighted by molar-refractivity contribution is 5.98. The van der Waals surface area contributed by atoms with E-state index in [1.165, 1.54) is 0 Å². The monoisotopic (exact) mass is 328 g/mol. The average molecular weight is 328 g/mol. The van der Waals surface area contributed by atoms with Crippen molar-refractivity contribution in [3.63, 3.8) is 0 Å². The number of carbonyl (C=O) groups excluding carboxylic acids is 2. The van der Waals surface area contributed by atoms with Crippen LogP contribution in [0.2, 0.25) is 0 Å². The lowest BCUT2D eigenvalue weighted by Crippen LogP contribution is -2.39. The molecule has 1 rings (SSSR count). The minimum atomic E-state index is -5.07. The van der Waals surface area contributed by atoms with Crippen molar-refractivity contribution in [3.05, 3.63) is 24.3 Å². The summed E-state index contributed by atoms with van der Waals surface area (Å²) in [5.74, 6) is -4.25. The Bertz CT molecular complexity index is 513. The van der Waals surface area contributed by atoms with Gasteiger partial charge in [-0.1, -0.05) is 0 Å². The predicted molar refractivity (Wildman–Crippen MR) is 65.4 cm³/mol. The van der Waals surface area contributed by atoms with Gasteiger partial charge in [0, 0.05) is 25.5 Å². The maximum absolute atomic E-state index is 12.3. The molecule has 1 aromatic carbocycles. The lowest BCUT2D eigenvalue weighted by molar-refractivity contribution is -0.170. The molecule has 1 aromatic rings. The summed E-state index contributed by atoms with van der Waals surface area (Å²) < 4.78 is 73.6. The third kappa shape index (κ3) is 3.89. The van der Waals surface area contributed by atoms with Crippen molar-refractivity contribution in [2.75, 3.05) is 23.9 Å². The van der Waals surface area contributed by atoms with Crippen molar-refractivity contribution >= 4 is 23.2 Å². The molecule has 0 radical (unpaired) electrons. The lowest BCUT2D eigenvalue weighted by Gasteiger charge is -2.21. The number of anilines is 2. The Morgan fingerprint density at radius 1 is 0.727 bits per heavy atom. The molecule has 0 aromatic heterocycles. The fourth-order valence-electron chi connectivity index (χ4n) is 1.51. The van der Waals surface area contributed by atoms with Crippen LogP contribution in [0, 0.1) is 0 Å². The van der Waals surface area contributed by atoms with Crippen LogP contribution in [0.3, 0.4) is 0 Å². The number of hydrogen-bond donors (Lipinski definition) is 0. The number of hydrogen-bond acceptors (Lipinski definition) is 2. The van der Waals surface area contributed by atoms with E-state index in [0.29, 0.717) is 9.80 Å². The zero-order chi connectivity index (χ0) is 17.3. The van der Waals surface area contributed by atoms with E-state index in [1.54, 1.807) is 0 Å². The summed E-state index contributed by atoms with van der Waals surface area (Å²) in [6.07, 6.45) is -10.1. The van der Waals surface area contributed by atoms with Crippen LogP contribution in [0.4, 0.5) is 37.7 Å². The smallest absolute Gasteiger partial charge is 0.308 e. The maximum atomic E-state index is 12.3. The van der Waals surface area contributed by atoms with Crippen LogP contribution in [0.1, 0.15) is 0 Å². The van der Waals surface area contributed by atoms with E-state index in [9.17, 15) is 35.9 Å². The number of carbonyl (C=O) groups is 2. The normalized spacial score (nSPS) is 12.0. The average Bonchev–Trinajstić information content (AvgIpc) is 2.42. The number of amides is 2. The first-order valence-corrected chi connectivity index (χ1v) is 5.65. The molecule has 122 valence electrons. The fourth-order valence-corrected chi connectivity index (χ4v) is 1.51. The van der Waals surface area contributed by atoms with E-state index in [0.717, 1.165) is 38.4 Å². The van der Waals surface area contributed by atoms with Crippen LogP contribution in [0.15, 0.2) is 24.3 Å². The van der Waals surface area contributed by atoms with Crippen LogP contribution >= 0.6 is 0 Å². The molecule has 0 atom stereocenters. The van der Waals surface area contributed by atoms with Crippen molar-refractivity contribution in [3.8, 4) is 0 Å². The number of alkyl halides is 6. The first kappa shape index (κ1) is 17.8. The molecule has 0 aliphatic carbocycles. The molecule has 0 fully saturated rings. The van der Waals surface area contributed by atoms with Crippen LogP contribution in [-0.4, -0.2) is 38.3 Å². The molecule has 0 aliphatic rings. The highest BCUT2D eigenvalue weighted by Gasteiger charge is 2.42. The number of benzene rings is 1. The molecule has 0 N–H and O–H groups in total. The van der Waals surface area contributed by atoms with Gasteiger partial charge in [0.05, 0.1) is 0 Å². The zero-order valence-electron chi connectivity index (χ0n) is 11.3. The molecule has 0 saturated heterocycles. The molecule has 0 bridgehead atoms. The Hall–Kier alpha value is -2.26. The van der Waals surface area contributed by atoms with Gasteiger partial charge in [0.2, 0.25) is 0 Å². The maximum Gasteiger partial charge on any atom is 0.471 e. The van der Waals surface area contributed by atoms with E-state index >= 15 is 0 Å². The summed E-state index contributed by atoms with van der Waals surface area (Å²) >= 11 is 0. The first-order chi connectivity index (χ1) is 9.85. The highest BCUT2D eigenvalue weighted by atomic mass is 19.4. The van der Waals surface area contributed by atoms with Gasteiger partial charge in [0.25, 0.3) is 0 Å². The second kappa shape index (κ2) is 5.85. The van der Waals surface area contributed by atoms with Gasteiger partial charge in [-0.2, -0.15) is 26.3 Å². The first-order valence-electron chi connectivity index (χ1n) is 5.65. The van der Waals surface area contributed by atoms with Crippen LogP contribution in [-0.2, 0) is 9.59 Å². The molecular formula is C12H10F6N2O2. The van der Waals surface area contributed by atoms with Crippen LogP contribution in [0.25, 0.3) is 0 Å². The molecule has 0 aliphatic heterocycles. The molecule has 10 heteroatoms. The summed E-state index contributed by atoms with van der Waals surface area (Å²) in [6, 6.07) is 4.00. The van der Waals surface area contributed by atoms with Crippen molar-refractivity contribution < 1.29 is 35.9 Å². The van der Waals surface area contributed by atoms with Crippen LogP contribution < -0.4 is 9.80 Å². The largest absolute Gasteiger partial charge is 0.471 e. The summed E-state index contributed by atoms with van der Waals surface area (Å²) in [6.45, 7) is 0. The Morgan fingerprint density at radius 2 is 0.955 bits per heavy atom. The zero-order valence-corrected chi connectivity index (χ0v) is 11.3. The second-order valence-corrected chi connectivity index (χ2v) is 4.24. The van der Waals surface area contributed by atoms with E-state index in [2.05, 4.69) is 0 Å². The van der Waals surface area contributed by atoms with Crippen molar-refractivity contribution in [2.45, 2.75) is 12.4 Å². The van der Waals surface area contributed by atoms with Crippen molar-refractivity contribution in [1.82, 2.24) is 0 Å². The summed E-state index contributed by atoms with van der Waals surface area (Å²) in [4.78, 5) is 22.6. The van der Waals surface area contributed by atoms with Gasteiger partial charge in [-0.25, -0.2) is 0 Å². The Balaban J connectivity index is 2.96. The Morgan fingerprint density at radius 3 is 1.14 bits per heavy atom. The van der Waals surface area contributed by atoms with Gasteiger partial charge in [0.1, 0.15) is 0 Å². The van der Waals surface area contributed by atoms with E-state index in [-0.39, 0.29) is 11.4 Å². The minimum Gasteiger partial charge on any atom is -0.308 e. The van der Waals surface area contributed by atoms with E-state index in [1.807, 2.05) is 0 Å². The van der Waals surface area contributed by atoms with Crippen molar-refractivity contribution in [2.24, 2.45) is 0 Å². The Labute approximate surface area is 120 Å². The fraction of sp³-hybridized carbons (Fsp3) is 0.333. The second-order valence-electron chi connectivity index (χ2n) is 4.24. The van der Waals surface area contributed by atoms with E-state index in [4.69, 9.17) is 0 Å². The molecule has 0 spiro atoms. The summed E-state index contributed by atoms with van der Waals surface area (Å²) in [5.41, 5.74) is -0.363. The number of halogens is 6. The minimum absolute atomic E-state index is 0.182. The molecule has 0 saturated carbocycles. The summed E-state index contributed by atoms with van der Waals surface area (Å²) in [7, 11) is 1.74. The molecule has 4 nitrogen and oxygen atoms in total. The third-order valence-corrected chi connectivity index (χ3v) is 2.72. The predicted octanol–water partition coefficient (Wildman–Crippen LogP) is 2.74. The molecular weight excluding hydrogens is 318 g/mol. The van der Waals surface area contributed by atoms with Gasteiger partial charge in [0.15, 0.2) is 0 Å². The molecule has 0 heterocycles. The number of rotatable bonds is 2. The standard InChI is InChI=1S/C12H10F6N2O2/c1-19(9(21)11(13,14)15)7-3-5-8(6-4-7)20(2)10(22)12(16,17)18/h3-6H,1-2H3. The van der Waals surface area contributed by atoms with Crippen molar-refractivity contribution in [1.29, 1.82) is 0 Å². The summed E-state index contributed by atoms with van der Waals surface area (Å²) in [5, 5.41) is 0. The topological polar surface area (TPSA) is 40.6 Å². The Kier molecular flexibility index (Phi) is 4.73. The van der Waals surface area contributed by atoms with Gasteiger partial charge >= 0.3 is 24.2 Å². The van der Waals surface area contributed by atoms with Gasteiger partial charge in [-0.3, -0.25) is 9.59 Å².